The highest BCUT2D eigenvalue weighted by atomic mass is 79.9. The standard InChI is InChI=1S/C16H19BrN2O/c1-9-7-10(2)15(16(20-4)11(9)3)19-14-6-5-12(17)8-13(14)18/h5-8,19H,18H2,1-4H3. The Balaban J connectivity index is 2.50. The molecule has 2 aromatic carbocycles. The highest BCUT2D eigenvalue weighted by Gasteiger charge is 2.13. The lowest BCUT2D eigenvalue weighted by atomic mass is 10.0. The van der Waals surface area contributed by atoms with Crippen molar-refractivity contribution in [3.8, 4) is 5.75 Å². The van der Waals surface area contributed by atoms with Gasteiger partial charge in [0.25, 0.3) is 0 Å². The van der Waals surface area contributed by atoms with Gasteiger partial charge in [-0.05, 0) is 55.7 Å². The average molecular weight is 335 g/mol. The zero-order valence-electron chi connectivity index (χ0n) is 12.2. The van der Waals surface area contributed by atoms with E-state index in [2.05, 4.69) is 48.1 Å². The van der Waals surface area contributed by atoms with Crippen LogP contribution in [0.3, 0.4) is 0 Å². The molecule has 0 unspecified atom stereocenters. The molecule has 0 bridgehead atoms. The van der Waals surface area contributed by atoms with Gasteiger partial charge in [0.2, 0.25) is 0 Å². The lowest BCUT2D eigenvalue weighted by molar-refractivity contribution is 0.413. The fourth-order valence-corrected chi connectivity index (χ4v) is 2.62. The number of ether oxygens (including phenoxy) is 1. The molecule has 0 saturated carbocycles. The fraction of sp³-hybridized carbons (Fsp3) is 0.250. The molecule has 0 atom stereocenters. The van der Waals surface area contributed by atoms with Crippen molar-refractivity contribution >= 4 is 33.0 Å². The van der Waals surface area contributed by atoms with Crippen molar-refractivity contribution in [2.45, 2.75) is 20.8 Å². The summed E-state index contributed by atoms with van der Waals surface area (Å²) >= 11 is 3.41. The van der Waals surface area contributed by atoms with E-state index in [9.17, 15) is 0 Å². The summed E-state index contributed by atoms with van der Waals surface area (Å²) in [4.78, 5) is 0. The van der Waals surface area contributed by atoms with Gasteiger partial charge < -0.3 is 15.8 Å². The van der Waals surface area contributed by atoms with Crippen molar-refractivity contribution in [1.29, 1.82) is 0 Å². The third-order valence-electron chi connectivity index (χ3n) is 3.46. The zero-order valence-corrected chi connectivity index (χ0v) is 13.8. The second kappa shape index (κ2) is 5.75. The average Bonchev–Trinajstić information content (AvgIpc) is 2.39. The molecule has 2 rings (SSSR count). The topological polar surface area (TPSA) is 47.3 Å². The molecule has 0 heterocycles. The number of aryl methyl sites for hydroxylation is 2. The number of halogens is 1. The third kappa shape index (κ3) is 2.75. The summed E-state index contributed by atoms with van der Waals surface area (Å²) in [7, 11) is 1.69. The van der Waals surface area contributed by atoms with Gasteiger partial charge in [0.1, 0.15) is 5.75 Å². The second-order valence-electron chi connectivity index (χ2n) is 4.90. The second-order valence-corrected chi connectivity index (χ2v) is 5.82. The summed E-state index contributed by atoms with van der Waals surface area (Å²) in [5.74, 6) is 0.866. The summed E-state index contributed by atoms with van der Waals surface area (Å²) in [6, 6.07) is 7.94. The molecule has 2 aromatic rings. The number of nitrogens with two attached hydrogens (primary N) is 1. The Hall–Kier alpha value is -1.68. The first-order valence-electron chi connectivity index (χ1n) is 6.41. The molecule has 0 aromatic heterocycles. The molecule has 0 aliphatic carbocycles. The molecule has 0 amide bonds. The highest BCUT2D eigenvalue weighted by molar-refractivity contribution is 9.10. The van der Waals surface area contributed by atoms with E-state index in [4.69, 9.17) is 10.5 Å². The van der Waals surface area contributed by atoms with Crippen molar-refractivity contribution in [1.82, 2.24) is 0 Å². The Morgan fingerprint density at radius 1 is 1.10 bits per heavy atom. The first kappa shape index (κ1) is 14.7. The first-order chi connectivity index (χ1) is 9.43. The van der Waals surface area contributed by atoms with Gasteiger partial charge in [-0.1, -0.05) is 22.0 Å². The number of hydrogen-bond acceptors (Lipinski definition) is 3. The van der Waals surface area contributed by atoms with Crippen LogP contribution in [-0.2, 0) is 0 Å². The van der Waals surface area contributed by atoms with Crippen LogP contribution < -0.4 is 15.8 Å². The summed E-state index contributed by atoms with van der Waals surface area (Å²) in [5.41, 5.74) is 12.1. The van der Waals surface area contributed by atoms with Gasteiger partial charge in [-0.3, -0.25) is 0 Å². The van der Waals surface area contributed by atoms with Crippen LogP contribution in [0.5, 0.6) is 5.75 Å². The predicted octanol–water partition coefficient (Wildman–Crippen LogP) is 4.71. The molecular weight excluding hydrogens is 316 g/mol. The number of methoxy groups -OCH3 is 1. The van der Waals surface area contributed by atoms with Crippen molar-refractivity contribution in [2.24, 2.45) is 0 Å². The number of benzene rings is 2. The van der Waals surface area contributed by atoms with Crippen molar-refractivity contribution < 1.29 is 4.74 Å². The van der Waals surface area contributed by atoms with E-state index in [1.54, 1.807) is 7.11 Å². The van der Waals surface area contributed by atoms with E-state index in [0.717, 1.165) is 32.7 Å². The Morgan fingerprint density at radius 3 is 2.40 bits per heavy atom. The minimum Gasteiger partial charge on any atom is -0.494 e. The quantitative estimate of drug-likeness (QED) is 0.799. The number of hydrogen-bond donors (Lipinski definition) is 2. The normalized spacial score (nSPS) is 10.4. The molecule has 0 spiro atoms. The fourth-order valence-electron chi connectivity index (χ4n) is 2.24. The minimum absolute atomic E-state index is 0.694. The molecular formula is C16H19BrN2O. The van der Waals surface area contributed by atoms with Crippen molar-refractivity contribution in [3.05, 3.63) is 45.4 Å². The number of anilines is 3. The maximum atomic E-state index is 6.05. The third-order valence-corrected chi connectivity index (χ3v) is 3.96. The molecule has 4 heteroatoms. The Labute approximate surface area is 128 Å². The lowest BCUT2D eigenvalue weighted by Crippen LogP contribution is -2.02. The summed E-state index contributed by atoms with van der Waals surface area (Å²) in [6.07, 6.45) is 0. The van der Waals surface area contributed by atoms with E-state index < -0.39 is 0 Å². The van der Waals surface area contributed by atoms with E-state index >= 15 is 0 Å². The van der Waals surface area contributed by atoms with Crippen LogP contribution in [0.25, 0.3) is 0 Å². The van der Waals surface area contributed by atoms with Gasteiger partial charge in [-0.2, -0.15) is 0 Å². The van der Waals surface area contributed by atoms with Gasteiger partial charge in [-0.25, -0.2) is 0 Å². The number of rotatable bonds is 3. The molecule has 0 fully saturated rings. The summed E-state index contributed by atoms with van der Waals surface area (Å²) in [6.45, 7) is 6.21. The minimum atomic E-state index is 0.694. The van der Waals surface area contributed by atoms with Crippen molar-refractivity contribution in [2.75, 3.05) is 18.2 Å². The largest absolute Gasteiger partial charge is 0.494 e. The van der Waals surface area contributed by atoms with Crippen LogP contribution in [0.1, 0.15) is 16.7 Å². The predicted molar refractivity (Wildman–Crippen MR) is 89.0 cm³/mol. The smallest absolute Gasteiger partial charge is 0.145 e. The van der Waals surface area contributed by atoms with Crippen LogP contribution >= 0.6 is 15.9 Å². The molecule has 0 saturated heterocycles. The van der Waals surface area contributed by atoms with Crippen molar-refractivity contribution in [3.63, 3.8) is 0 Å². The summed E-state index contributed by atoms with van der Waals surface area (Å²) < 4.78 is 6.52. The molecule has 3 N–H and O–H groups in total. The summed E-state index contributed by atoms with van der Waals surface area (Å²) in [5, 5.41) is 3.38. The first-order valence-corrected chi connectivity index (χ1v) is 7.20. The van der Waals surface area contributed by atoms with Crippen LogP contribution in [0, 0.1) is 20.8 Å². The zero-order chi connectivity index (χ0) is 14.9. The highest BCUT2D eigenvalue weighted by Crippen LogP contribution is 2.37. The van der Waals surface area contributed by atoms with E-state index in [0.29, 0.717) is 5.69 Å². The molecule has 0 radical (unpaired) electrons. The van der Waals surface area contributed by atoms with E-state index in [1.807, 2.05) is 18.2 Å². The SMILES string of the molecule is COc1c(C)c(C)cc(C)c1Nc1ccc(Br)cc1N. The Kier molecular flexibility index (Phi) is 4.23. The number of nitrogen functional groups attached to an aromatic ring is 1. The van der Waals surface area contributed by atoms with Crippen LogP contribution in [0.2, 0.25) is 0 Å². The van der Waals surface area contributed by atoms with Gasteiger partial charge in [0.15, 0.2) is 0 Å². The number of nitrogens with one attached hydrogen (secondary N) is 1. The Morgan fingerprint density at radius 2 is 1.80 bits per heavy atom. The molecule has 0 aliphatic heterocycles. The van der Waals surface area contributed by atoms with Crippen LogP contribution in [-0.4, -0.2) is 7.11 Å². The molecule has 3 nitrogen and oxygen atoms in total. The van der Waals surface area contributed by atoms with Gasteiger partial charge in [-0.15, -0.1) is 0 Å². The van der Waals surface area contributed by atoms with E-state index in [1.165, 1.54) is 5.56 Å². The van der Waals surface area contributed by atoms with Gasteiger partial charge >= 0.3 is 0 Å². The molecule has 0 aliphatic rings. The van der Waals surface area contributed by atoms with Gasteiger partial charge in [0.05, 0.1) is 24.2 Å². The molecule has 20 heavy (non-hydrogen) atoms. The monoisotopic (exact) mass is 334 g/mol. The van der Waals surface area contributed by atoms with Gasteiger partial charge in [0, 0.05) is 4.47 Å². The maximum absolute atomic E-state index is 6.05. The van der Waals surface area contributed by atoms with Crippen LogP contribution in [0.15, 0.2) is 28.7 Å². The molecule has 106 valence electrons. The Bertz CT molecular complexity index is 653. The maximum Gasteiger partial charge on any atom is 0.145 e. The van der Waals surface area contributed by atoms with Crippen LogP contribution in [0.4, 0.5) is 17.1 Å². The lowest BCUT2D eigenvalue weighted by Gasteiger charge is -2.19. The van der Waals surface area contributed by atoms with E-state index in [-0.39, 0.29) is 0 Å².